The summed E-state index contributed by atoms with van der Waals surface area (Å²) in [6, 6.07) is 2.76. The smallest absolute Gasteiger partial charge is 0.471 e. The SMILES string of the molecule is O=C(O)CN(C(=O)C(F)(F)F)c1cccc(F)n1. The predicted molar refractivity (Wildman–Crippen MR) is 50.2 cm³/mol. The Hall–Kier alpha value is -2.19. The van der Waals surface area contributed by atoms with Gasteiger partial charge >= 0.3 is 18.1 Å². The highest BCUT2D eigenvalue weighted by atomic mass is 19.4. The van der Waals surface area contributed by atoms with Gasteiger partial charge in [0, 0.05) is 0 Å². The van der Waals surface area contributed by atoms with E-state index in [9.17, 15) is 27.2 Å². The Kier molecular flexibility index (Phi) is 3.84. The van der Waals surface area contributed by atoms with E-state index in [4.69, 9.17) is 5.11 Å². The lowest BCUT2D eigenvalue weighted by Gasteiger charge is -2.20. The van der Waals surface area contributed by atoms with Crippen LogP contribution in [0.1, 0.15) is 0 Å². The van der Waals surface area contributed by atoms with E-state index in [1.165, 1.54) is 0 Å². The number of carboxylic acids is 1. The molecule has 0 bridgehead atoms. The third kappa shape index (κ3) is 3.40. The van der Waals surface area contributed by atoms with Crippen LogP contribution in [-0.2, 0) is 9.59 Å². The number of carbonyl (C=O) groups excluding carboxylic acids is 1. The summed E-state index contributed by atoms with van der Waals surface area (Å²) in [5.74, 6) is -5.96. The predicted octanol–water partition coefficient (Wildman–Crippen LogP) is 1.20. The first-order chi connectivity index (χ1) is 8.21. The van der Waals surface area contributed by atoms with E-state index in [1.54, 1.807) is 0 Å². The summed E-state index contributed by atoms with van der Waals surface area (Å²) < 4.78 is 49.4. The zero-order chi connectivity index (χ0) is 13.9. The summed E-state index contributed by atoms with van der Waals surface area (Å²) in [4.78, 5) is 24.3. The van der Waals surface area contributed by atoms with Crippen molar-refractivity contribution in [1.82, 2.24) is 4.98 Å². The Balaban J connectivity index is 3.13. The first-order valence-corrected chi connectivity index (χ1v) is 4.45. The molecule has 0 aliphatic carbocycles. The number of rotatable bonds is 3. The Morgan fingerprint density at radius 2 is 1.94 bits per heavy atom. The van der Waals surface area contributed by atoms with Gasteiger partial charge in [-0.25, -0.2) is 4.98 Å². The lowest BCUT2D eigenvalue weighted by molar-refractivity contribution is -0.171. The summed E-state index contributed by atoms with van der Waals surface area (Å²) in [7, 11) is 0. The van der Waals surface area contributed by atoms with Crippen molar-refractivity contribution in [2.24, 2.45) is 0 Å². The molecule has 18 heavy (non-hydrogen) atoms. The second-order valence-electron chi connectivity index (χ2n) is 3.10. The normalized spacial score (nSPS) is 11.1. The molecule has 0 aromatic carbocycles. The van der Waals surface area contributed by atoms with Gasteiger partial charge in [-0.05, 0) is 12.1 Å². The van der Waals surface area contributed by atoms with Gasteiger partial charge in [0.1, 0.15) is 12.4 Å². The average Bonchev–Trinajstić information content (AvgIpc) is 2.23. The van der Waals surface area contributed by atoms with E-state index >= 15 is 0 Å². The number of pyridine rings is 1. The fourth-order valence-corrected chi connectivity index (χ4v) is 1.09. The second kappa shape index (κ2) is 4.98. The van der Waals surface area contributed by atoms with Gasteiger partial charge in [0.05, 0.1) is 0 Å². The summed E-state index contributed by atoms with van der Waals surface area (Å²) in [5, 5.41) is 8.45. The number of carboxylic acid groups (broad SMARTS) is 1. The number of aromatic nitrogens is 1. The highest BCUT2D eigenvalue weighted by molar-refractivity contribution is 5.99. The highest BCUT2D eigenvalue weighted by Gasteiger charge is 2.44. The Bertz CT molecular complexity index is 475. The minimum atomic E-state index is -5.27. The van der Waals surface area contributed by atoms with Crippen molar-refractivity contribution < 1.29 is 32.3 Å². The van der Waals surface area contributed by atoms with Crippen molar-refractivity contribution in [2.45, 2.75) is 6.18 Å². The van der Waals surface area contributed by atoms with Crippen LogP contribution < -0.4 is 4.90 Å². The number of hydrogen-bond donors (Lipinski definition) is 1. The molecule has 1 amide bonds. The number of aliphatic carboxylic acids is 1. The van der Waals surface area contributed by atoms with Crippen LogP contribution in [0, 0.1) is 5.95 Å². The van der Waals surface area contributed by atoms with Crippen LogP contribution >= 0.6 is 0 Å². The Morgan fingerprint density at radius 1 is 1.33 bits per heavy atom. The molecule has 0 spiro atoms. The van der Waals surface area contributed by atoms with Crippen LogP contribution in [0.4, 0.5) is 23.4 Å². The van der Waals surface area contributed by atoms with Crippen molar-refractivity contribution >= 4 is 17.7 Å². The average molecular weight is 266 g/mol. The molecule has 0 fully saturated rings. The van der Waals surface area contributed by atoms with E-state index in [1.807, 2.05) is 0 Å². The largest absolute Gasteiger partial charge is 0.480 e. The lowest BCUT2D eigenvalue weighted by atomic mass is 10.3. The van der Waals surface area contributed by atoms with Gasteiger partial charge in [-0.2, -0.15) is 17.6 Å². The number of hydrogen-bond acceptors (Lipinski definition) is 3. The van der Waals surface area contributed by atoms with Crippen molar-refractivity contribution in [3.63, 3.8) is 0 Å². The number of anilines is 1. The highest BCUT2D eigenvalue weighted by Crippen LogP contribution is 2.22. The number of nitrogens with zero attached hydrogens (tertiary/aromatic N) is 2. The maximum Gasteiger partial charge on any atom is 0.471 e. The summed E-state index contributed by atoms with van der Waals surface area (Å²) >= 11 is 0. The fourth-order valence-electron chi connectivity index (χ4n) is 1.09. The summed E-state index contributed by atoms with van der Waals surface area (Å²) in [5.41, 5.74) is 0. The molecular weight excluding hydrogens is 260 g/mol. The third-order valence-electron chi connectivity index (χ3n) is 1.76. The second-order valence-corrected chi connectivity index (χ2v) is 3.10. The Labute approximate surface area is 97.7 Å². The molecule has 0 aliphatic heterocycles. The maximum absolute atomic E-state index is 12.7. The van der Waals surface area contributed by atoms with E-state index in [-0.39, 0.29) is 4.90 Å². The number of alkyl halides is 3. The number of halogens is 4. The quantitative estimate of drug-likeness (QED) is 0.659. The molecule has 0 saturated heterocycles. The summed E-state index contributed by atoms with van der Waals surface area (Å²) in [6.07, 6.45) is -5.27. The molecule has 1 aromatic heterocycles. The lowest BCUT2D eigenvalue weighted by Crippen LogP contribution is -2.44. The first kappa shape index (κ1) is 13.9. The van der Waals surface area contributed by atoms with Crippen molar-refractivity contribution in [1.29, 1.82) is 0 Å². The molecular formula is C9H6F4N2O3. The number of carbonyl (C=O) groups is 2. The van der Waals surface area contributed by atoms with Crippen LogP contribution in [0.5, 0.6) is 0 Å². The molecule has 1 aromatic rings. The number of amides is 1. The Morgan fingerprint density at radius 3 is 2.39 bits per heavy atom. The topological polar surface area (TPSA) is 70.5 Å². The maximum atomic E-state index is 12.7. The van der Waals surface area contributed by atoms with Crippen molar-refractivity contribution in [3.8, 4) is 0 Å². The van der Waals surface area contributed by atoms with Crippen LogP contribution in [0.25, 0.3) is 0 Å². The van der Waals surface area contributed by atoms with Gasteiger partial charge in [0.2, 0.25) is 5.95 Å². The van der Waals surface area contributed by atoms with Gasteiger partial charge in [-0.1, -0.05) is 6.07 Å². The molecule has 1 heterocycles. The molecule has 0 atom stereocenters. The van der Waals surface area contributed by atoms with E-state index in [2.05, 4.69) is 4.98 Å². The van der Waals surface area contributed by atoms with Crippen LogP contribution in [0.3, 0.4) is 0 Å². The first-order valence-electron chi connectivity index (χ1n) is 4.45. The molecule has 1 rings (SSSR count). The van der Waals surface area contributed by atoms with Crippen LogP contribution in [-0.4, -0.2) is 34.7 Å². The van der Waals surface area contributed by atoms with Gasteiger partial charge in [-0.3, -0.25) is 14.5 Å². The fraction of sp³-hybridized carbons (Fsp3) is 0.222. The zero-order valence-corrected chi connectivity index (χ0v) is 8.61. The molecule has 0 aliphatic rings. The molecule has 98 valence electrons. The van der Waals surface area contributed by atoms with E-state index in [0.717, 1.165) is 18.2 Å². The molecule has 5 nitrogen and oxygen atoms in total. The molecule has 0 unspecified atom stereocenters. The van der Waals surface area contributed by atoms with Crippen LogP contribution in [0.15, 0.2) is 18.2 Å². The zero-order valence-electron chi connectivity index (χ0n) is 8.61. The van der Waals surface area contributed by atoms with Crippen molar-refractivity contribution in [3.05, 3.63) is 24.1 Å². The molecule has 1 N–H and O–H groups in total. The van der Waals surface area contributed by atoms with Gasteiger partial charge in [0.25, 0.3) is 0 Å². The van der Waals surface area contributed by atoms with Gasteiger partial charge in [-0.15, -0.1) is 0 Å². The molecule has 9 heteroatoms. The van der Waals surface area contributed by atoms with Gasteiger partial charge in [0.15, 0.2) is 0 Å². The van der Waals surface area contributed by atoms with Crippen LogP contribution in [0.2, 0.25) is 0 Å². The standard InChI is InChI=1S/C9H6F4N2O3/c10-5-2-1-3-6(14-5)15(4-7(16)17)8(18)9(11,12)13/h1-3H,4H2,(H,16,17). The minimum absolute atomic E-state index is 0.161. The summed E-state index contributed by atoms with van der Waals surface area (Å²) in [6.45, 7) is -1.27. The minimum Gasteiger partial charge on any atom is -0.480 e. The van der Waals surface area contributed by atoms with Crippen molar-refractivity contribution in [2.75, 3.05) is 11.4 Å². The molecule has 0 radical (unpaired) electrons. The van der Waals surface area contributed by atoms with E-state index in [0.29, 0.717) is 0 Å². The molecule has 0 saturated carbocycles. The van der Waals surface area contributed by atoms with E-state index < -0.39 is 36.4 Å². The van der Waals surface area contributed by atoms with Gasteiger partial charge < -0.3 is 5.11 Å². The monoisotopic (exact) mass is 266 g/mol. The third-order valence-corrected chi connectivity index (χ3v) is 1.76.